The molecule has 23 heavy (non-hydrogen) atoms. The molecule has 1 aliphatic rings. The van der Waals surface area contributed by atoms with Crippen molar-refractivity contribution in [2.75, 3.05) is 0 Å². The molecule has 3 rings (SSSR count). The van der Waals surface area contributed by atoms with Crippen LogP contribution < -0.4 is 0 Å². The molecule has 2 nitrogen and oxygen atoms in total. The number of hydrogen-bond acceptors (Lipinski definition) is 3. The molecule has 1 aliphatic heterocycles. The normalized spacial score (nSPS) is 17.8. The highest BCUT2D eigenvalue weighted by Crippen LogP contribution is 2.38. The quantitative estimate of drug-likeness (QED) is 0.504. The highest BCUT2D eigenvalue weighted by molar-refractivity contribution is 9.10. The third-order valence-electron chi connectivity index (χ3n) is 3.64. The number of thioether (sulfide) groups is 1. The lowest BCUT2D eigenvalue weighted by atomic mass is 10.1. The zero-order valence-corrected chi connectivity index (χ0v) is 15.6. The Bertz CT molecular complexity index is 789. The molecule has 0 aliphatic carbocycles. The number of benzene rings is 2. The van der Waals surface area contributed by atoms with Gasteiger partial charge in [-0.1, -0.05) is 82.4 Å². The number of carbonyl (C=O) groups excluding carboxylic acids is 1. The third kappa shape index (κ3) is 3.57. The van der Waals surface area contributed by atoms with Gasteiger partial charge in [0.1, 0.15) is 4.32 Å². The molecule has 0 saturated carbocycles. The minimum atomic E-state index is -0.0721. The summed E-state index contributed by atoms with van der Waals surface area (Å²) in [6.07, 6.45) is 1.89. The van der Waals surface area contributed by atoms with E-state index in [0.29, 0.717) is 9.23 Å². The largest absolute Gasteiger partial charge is 0.286 e. The first-order valence-corrected chi connectivity index (χ1v) is 9.15. The Balaban J connectivity index is 1.88. The first kappa shape index (κ1) is 16.4. The molecule has 1 amide bonds. The fraction of sp³-hybridized carbons (Fsp3) is 0.111. The Morgan fingerprint density at radius 1 is 1.17 bits per heavy atom. The maximum Gasteiger partial charge on any atom is 0.266 e. The Hall–Kier alpha value is -1.43. The smallest absolute Gasteiger partial charge is 0.266 e. The minimum Gasteiger partial charge on any atom is -0.286 e. The molecular formula is C18H14BrNOS2. The van der Waals surface area contributed by atoms with Crippen LogP contribution in [0.3, 0.4) is 0 Å². The van der Waals surface area contributed by atoms with Gasteiger partial charge in [-0.05, 0) is 36.3 Å². The SMILES string of the molecule is C[C@H](c1ccccc1)N1C(=O)/C(=C/c2cccc(Br)c2)SC1=S. The highest BCUT2D eigenvalue weighted by Gasteiger charge is 2.35. The van der Waals surface area contributed by atoms with E-state index in [4.69, 9.17) is 12.2 Å². The predicted molar refractivity (Wildman–Crippen MR) is 104 cm³/mol. The summed E-state index contributed by atoms with van der Waals surface area (Å²) in [5.74, 6) is -0.0312. The predicted octanol–water partition coefficient (Wildman–Crippen LogP) is 5.41. The van der Waals surface area contributed by atoms with E-state index < -0.39 is 0 Å². The topological polar surface area (TPSA) is 20.3 Å². The molecule has 0 aromatic heterocycles. The minimum absolute atomic E-state index is 0.0312. The summed E-state index contributed by atoms with van der Waals surface area (Å²) < 4.78 is 1.59. The van der Waals surface area contributed by atoms with Crippen molar-refractivity contribution in [1.82, 2.24) is 4.90 Å². The van der Waals surface area contributed by atoms with E-state index in [1.54, 1.807) is 4.90 Å². The number of thiocarbonyl (C=S) groups is 1. The van der Waals surface area contributed by atoms with Crippen molar-refractivity contribution < 1.29 is 4.79 Å². The molecule has 0 unspecified atom stereocenters. The van der Waals surface area contributed by atoms with E-state index in [0.717, 1.165) is 15.6 Å². The van der Waals surface area contributed by atoms with Crippen LogP contribution >= 0.6 is 39.9 Å². The van der Waals surface area contributed by atoms with Crippen LogP contribution in [0.5, 0.6) is 0 Å². The molecule has 5 heteroatoms. The van der Waals surface area contributed by atoms with Crippen LogP contribution in [0.15, 0.2) is 64.0 Å². The van der Waals surface area contributed by atoms with Gasteiger partial charge < -0.3 is 0 Å². The van der Waals surface area contributed by atoms with E-state index in [2.05, 4.69) is 15.9 Å². The standard InChI is InChI=1S/C18H14BrNOS2/c1-12(14-7-3-2-4-8-14)20-17(21)16(23-18(20)22)11-13-6-5-9-15(19)10-13/h2-12H,1H3/b16-11-/t12-/m1/s1. The average Bonchev–Trinajstić information content (AvgIpc) is 2.81. The lowest BCUT2D eigenvalue weighted by molar-refractivity contribution is -0.123. The zero-order valence-electron chi connectivity index (χ0n) is 12.4. The van der Waals surface area contributed by atoms with Gasteiger partial charge in [0.2, 0.25) is 0 Å². The number of rotatable bonds is 3. The van der Waals surface area contributed by atoms with Gasteiger partial charge in [0.05, 0.1) is 10.9 Å². The van der Waals surface area contributed by atoms with Crippen molar-refractivity contribution in [2.24, 2.45) is 0 Å². The van der Waals surface area contributed by atoms with Crippen LogP contribution in [-0.2, 0) is 4.79 Å². The van der Waals surface area contributed by atoms with Gasteiger partial charge in [-0.3, -0.25) is 9.69 Å². The molecule has 1 heterocycles. The molecule has 1 saturated heterocycles. The van der Waals surface area contributed by atoms with Gasteiger partial charge in [-0.15, -0.1) is 0 Å². The summed E-state index contributed by atoms with van der Waals surface area (Å²) >= 11 is 10.2. The van der Waals surface area contributed by atoms with E-state index in [1.807, 2.05) is 67.6 Å². The van der Waals surface area contributed by atoms with E-state index in [1.165, 1.54) is 11.8 Å². The molecule has 0 radical (unpaired) electrons. The van der Waals surface area contributed by atoms with Crippen LogP contribution in [-0.4, -0.2) is 15.1 Å². The lowest BCUT2D eigenvalue weighted by Crippen LogP contribution is -2.30. The van der Waals surface area contributed by atoms with Crippen molar-refractivity contribution in [3.05, 3.63) is 75.1 Å². The van der Waals surface area contributed by atoms with Gasteiger partial charge in [0.25, 0.3) is 5.91 Å². The molecule has 0 spiro atoms. The molecule has 2 aromatic rings. The number of hydrogen-bond donors (Lipinski definition) is 0. The van der Waals surface area contributed by atoms with Crippen molar-refractivity contribution in [2.45, 2.75) is 13.0 Å². The molecule has 1 fully saturated rings. The first-order valence-electron chi connectivity index (χ1n) is 7.14. The Morgan fingerprint density at radius 3 is 2.61 bits per heavy atom. The van der Waals surface area contributed by atoms with Crippen LogP contribution in [0, 0.1) is 0 Å². The van der Waals surface area contributed by atoms with Gasteiger partial charge in [0.15, 0.2) is 0 Å². The Morgan fingerprint density at radius 2 is 1.91 bits per heavy atom. The summed E-state index contributed by atoms with van der Waals surface area (Å²) in [6, 6.07) is 17.7. The summed E-state index contributed by atoms with van der Waals surface area (Å²) in [7, 11) is 0. The summed E-state index contributed by atoms with van der Waals surface area (Å²) in [6.45, 7) is 2.00. The average molecular weight is 404 g/mol. The number of nitrogens with zero attached hydrogens (tertiary/aromatic N) is 1. The number of amides is 1. The number of halogens is 1. The first-order chi connectivity index (χ1) is 11.1. The summed E-state index contributed by atoms with van der Waals surface area (Å²) in [5.41, 5.74) is 2.06. The summed E-state index contributed by atoms with van der Waals surface area (Å²) in [5, 5.41) is 0. The fourth-order valence-corrected chi connectivity index (χ4v) is 4.28. The second-order valence-corrected chi connectivity index (χ2v) is 7.78. The monoisotopic (exact) mass is 403 g/mol. The molecular weight excluding hydrogens is 390 g/mol. The zero-order chi connectivity index (χ0) is 16.4. The molecule has 116 valence electrons. The van der Waals surface area contributed by atoms with Crippen molar-refractivity contribution in [1.29, 1.82) is 0 Å². The lowest BCUT2D eigenvalue weighted by Gasteiger charge is -2.23. The van der Waals surface area contributed by atoms with Gasteiger partial charge in [-0.25, -0.2) is 0 Å². The van der Waals surface area contributed by atoms with Crippen LogP contribution in [0.2, 0.25) is 0 Å². The summed E-state index contributed by atoms with van der Waals surface area (Å²) in [4.78, 5) is 15.1. The van der Waals surface area contributed by atoms with Gasteiger partial charge >= 0.3 is 0 Å². The number of carbonyl (C=O) groups is 1. The van der Waals surface area contributed by atoms with Gasteiger partial charge in [0, 0.05) is 4.47 Å². The van der Waals surface area contributed by atoms with Crippen LogP contribution in [0.1, 0.15) is 24.1 Å². The van der Waals surface area contributed by atoms with E-state index in [-0.39, 0.29) is 11.9 Å². The van der Waals surface area contributed by atoms with E-state index in [9.17, 15) is 4.79 Å². The maximum absolute atomic E-state index is 12.8. The van der Waals surface area contributed by atoms with Crippen molar-refractivity contribution in [3.63, 3.8) is 0 Å². The Labute approximate surface area is 153 Å². The van der Waals surface area contributed by atoms with E-state index >= 15 is 0 Å². The molecule has 0 bridgehead atoms. The van der Waals surface area contributed by atoms with Crippen LogP contribution in [0.4, 0.5) is 0 Å². The van der Waals surface area contributed by atoms with Crippen LogP contribution in [0.25, 0.3) is 6.08 Å². The van der Waals surface area contributed by atoms with Crippen molar-refractivity contribution >= 4 is 56.2 Å². The highest BCUT2D eigenvalue weighted by atomic mass is 79.9. The maximum atomic E-state index is 12.8. The molecule has 2 aromatic carbocycles. The molecule has 0 N–H and O–H groups in total. The molecule has 1 atom stereocenters. The van der Waals surface area contributed by atoms with Crippen molar-refractivity contribution in [3.8, 4) is 0 Å². The Kier molecular flexibility index (Phi) is 4.99. The van der Waals surface area contributed by atoms with Gasteiger partial charge in [-0.2, -0.15) is 0 Å². The third-order valence-corrected chi connectivity index (χ3v) is 5.46. The second kappa shape index (κ2) is 6.99. The fourth-order valence-electron chi connectivity index (χ4n) is 2.44. The second-order valence-electron chi connectivity index (χ2n) is 5.19.